The van der Waals surface area contributed by atoms with E-state index in [2.05, 4.69) is 0 Å². The van der Waals surface area contributed by atoms with E-state index in [4.69, 9.17) is 0 Å². The van der Waals surface area contributed by atoms with E-state index in [1.54, 1.807) is 0 Å². The molecule has 0 heterocycles. The van der Waals surface area contributed by atoms with Crippen molar-refractivity contribution in [2.45, 2.75) is 53.1 Å². The number of hydrogen-bond donors (Lipinski definition) is 0. The second kappa shape index (κ2) is 4.34. The Balaban J connectivity index is 4.03. The van der Waals surface area contributed by atoms with Gasteiger partial charge >= 0.3 is 6.18 Å². The second-order valence-electron chi connectivity index (χ2n) is 4.41. The minimum Gasteiger partial charge on any atom is -0.171 e. The van der Waals surface area contributed by atoms with E-state index in [0.717, 1.165) is 6.42 Å². The molecule has 0 nitrogen and oxygen atoms in total. The van der Waals surface area contributed by atoms with Crippen LogP contribution in [0.3, 0.4) is 0 Å². The van der Waals surface area contributed by atoms with Gasteiger partial charge in [-0.25, -0.2) is 0 Å². The van der Waals surface area contributed by atoms with E-state index >= 15 is 0 Å². The van der Waals surface area contributed by atoms with E-state index in [1.807, 2.05) is 27.7 Å². The summed E-state index contributed by atoms with van der Waals surface area (Å²) in [7, 11) is 0. The Morgan fingerprint density at radius 3 is 1.85 bits per heavy atom. The maximum Gasteiger partial charge on any atom is 0.389 e. The third-order valence-corrected chi connectivity index (χ3v) is 3.00. The van der Waals surface area contributed by atoms with Crippen LogP contribution in [-0.4, -0.2) is 6.18 Å². The Labute approximate surface area is 78.5 Å². The molecule has 1 unspecified atom stereocenters. The summed E-state index contributed by atoms with van der Waals surface area (Å²) in [6, 6.07) is 0. The van der Waals surface area contributed by atoms with Crippen molar-refractivity contribution in [2.75, 3.05) is 0 Å². The summed E-state index contributed by atoms with van der Waals surface area (Å²) in [4.78, 5) is 0. The summed E-state index contributed by atoms with van der Waals surface area (Å²) >= 11 is 0. The van der Waals surface area contributed by atoms with Crippen molar-refractivity contribution in [1.29, 1.82) is 0 Å². The van der Waals surface area contributed by atoms with Gasteiger partial charge in [-0.1, -0.05) is 34.1 Å². The Kier molecular flexibility index (Phi) is 4.27. The van der Waals surface area contributed by atoms with Crippen LogP contribution in [0.2, 0.25) is 0 Å². The standard InChI is InChI=1S/C10H19F3/c1-5-8(2)9(3,4)6-7-10(11,12)13/h8H,5-7H2,1-4H3. The molecule has 0 rings (SSSR count). The summed E-state index contributed by atoms with van der Waals surface area (Å²) in [5.74, 6) is 0.342. The zero-order chi connectivity index (χ0) is 10.7. The van der Waals surface area contributed by atoms with Crippen LogP contribution in [0.25, 0.3) is 0 Å². The number of hydrogen-bond acceptors (Lipinski definition) is 0. The molecule has 3 heteroatoms. The smallest absolute Gasteiger partial charge is 0.171 e. The second-order valence-corrected chi connectivity index (χ2v) is 4.41. The highest BCUT2D eigenvalue weighted by Gasteiger charge is 2.33. The fourth-order valence-electron chi connectivity index (χ4n) is 1.26. The summed E-state index contributed by atoms with van der Waals surface area (Å²) in [5, 5.41) is 0. The summed E-state index contributed by atoms with van der Waals surface area (Å²) in [6.07, 6.45) is -3.51. The molecule has 0 spiro atoms. The lowest BCUT2D eigenvalue weighted by molar-refractivity contribution is -0.141. The van der Waals surface area contributed by atoms with Crippen molar-refractivity contribution in [3.63, 3.8) is 0 Å². The van der Waals surface area contributed by atoms with Crippen LogP contribution in [-0.2, 0) is 0 Å². The molecule has 0 aromatic rings. The molecule has 0 amide bonds. The van der Waals surface area contributed by atoms with Crippen LogP contribution in [0.15, 0.2) is 0 Å². The Morgan fingerprint density at radius 1 is 1.08 bits per heavy atom. The first-order chi connectivity index (χ1) is 5.69. The summed E-state index contributed by atoms with van der Waals surface area (Å²) in [5.41, 5.74) is -0.204. The van der Waals surface area contributed by atoms with E-state index in [-0.39, 0.29) is 11.8 Å². The molecule has 0 aliphatic rings. The third-order valence-electron chi connectivity index (χ3n) is 3.00. The van der Waals surface area contributed by atoms with Crippen molar-refractivity contribution >= 4 is 0 Å². The third kappa shape index (κ3) is 5.17. The normalized spacial score (nSPS) is 15.9. The van der Waals surface area contributed by atoms with Crippen LogP contribution in [0, 0.1) is 11.3 Å². The molecule has 0 aliphatic carbocycles. The molecule has 0 aromatic heterocycles. The van der Waals surface area contributed by atoms with Gasteiger partial charge in [-0.15, -0.1) is 0 Å². The minimum atomic E-state index is -4.01. The molecule has 1 atom stereocenters. The van der Waals surface area contributed by atoms with Crippen LogP contribution in [0.1, 0.15) is 47.0 Å². The van der Waals surface area contributed by atoms with Gasteiger partial charge in [-0.2, -0.15) is 13.2 Å². The van der Waals surface area contributed by atoms with Crippen LogP contribution >= 0.6 is 0 Å². The molecule has 0 fully saturated rings. The lowest BCUT2D eigenvalue weighted by Crippen LogP contribution is -2.23. The van der Waals surface area contributed by atoms with E-state index in [1.165, 1.54) is 0 Å². The van der Waals surface area contributed by atoms with Gasteiger partial charge < -0.3 is 0 Å². The maximum absolute atomic E-state index is 12.0. The van der Waals surface area contributed by atoms with Crippen molar-refractivity contribution in [3.8, 4) is 0 Å². The van der Waals surface area contributed by atoms with E-state index < -0.39 is 12.6 Å². The number of halogens is 3. The molecule has 80 valence electrons. The fraction of sp³-hybridized carbons (Fsp3) is 1.00. The Hall–Kier alpha value is -0.210. The average Bonchev–Trinajstić information content (AvgIpc) is 1.98. The van der Waals surface area contributed by atoms with Gasteiger partial charge in [0.2, 0.25) is 0 Å². The predicted octanol–water partition coefficient (Wildman–Crippen LogP) is 4.40. The highest BCUT2D eigenvalue weighted by atomic mass is 19.4. The van der Waals surface area contributed by atoms with Gasteiger partial charge in [0.1, 0.15) is 0 Å². The monoisotopic (exact) mass is 196 g/mol. The highest BCUT2D eigenvalue weighted by molar-refractivity contribution is 4.75. The first kappa shape index (κ1) is 12.8. The lowest BCUT2D eigenvalue weighted by Gasteiger charge is -2.31. The van der Waals surface area contributed by atoms with Crippen molar-refractivity contribution in [1.82, 2.24) is 0 Å². The number of rotatable bonds is 4. The Morgan fingerprint density at radius 2 is 1.54 bits per heavy atom. The molecule has 0 radical (unpaired) electrons. The maximum atomic E-state index is 12.0. The van der Waals surface area contributed by atoms with Gasteiger partial charge in [0.25, 0.3) is 0 Å². The van der Waals surface area contributed by atoms with E-state index in [0.29, 0.717) is 5.92 Å². The van der Waals surface area contributed by atoms with Gasteiger partial charge in [-0.3, -0.25) is 0 Å². The summed E-state index contributed by atoms with van der Waals surface area (Å²) in [6.45, 7) is 7.84. The zero-order valence-corrected chi connectivity index (χ0v) is 8.83. The molecule has 0 aliphatic heterocycles. The Bertz CT molecular complexity index is 147. The molecule has 13 heavy (non-hydrogen) atoms. The quantitative estimate of drug-likeness (QED) is 0.625. The molecule has 0 saturated carbocycles. The lowest BCUT2D eigenvalue weighted by atomic mass is 9.75. The zero-order valence-electron chi connectivity index (χ0n) is 8.83. The minimum absolute atomic E-state index is 0.204. The largest absolute Gasteiger partial charge is 0.389 e. The molecular weight excluding hydrogens is 177 g/mol. The highest BCUT2D eigenvalue weighted by Crippen LogP contribution is 2.37. The fourth-order valence-corrected chi connectivity index (χ4v) is 1.26. The van der Waals surface area contributed by atoms with Gasteiger partial charge in [0, 0.05) is 6.42 Å². The molecule has 0 saturated heterocycles. The van der Waals surface area contributed by atoms with Crippen LogP contribution in [0.4, 0.5) is 13.2 Å². The topological polar surface area (TPSA) is 0 Å². The molecule has 0 bridgehead atoms. The first-order valence-corrected chi connectivity index (χ1v) is 4.76. The van der Waals surface area contributed by atoms with Gasteiger partial charge in [0.15, 0.2) is 0 Å². The van der Waals surface area contributed by atoms with Crippen molar-refractivity contribution in [3.05, 3.63) is 0 Å². The van der Waals surface area contributed by atoms with Crippen molar-refractivity contribution in [2.24, 2.45) is 11.3 Å². The predicted molar refractivity (Wildman–Crippen MR) is 48.5 cm³/mol. The first-order valence-electron chi connectivity index (χ1n) is 4.76. The molecular formula is C10H19F3. The SMILES string of the molecule is CCC(C)C(C)(C)CCC(F)(F)F. The van der Waals surface area contributed by atoms with E-state index in [9.17, 15) is 13.2 Å². The number of alkyl halides is 3. The van der Waals surface area contributed by atoms with Crippen molar-refractivity contribution < 1.29 is 13.2 Å². The average molecular weight is 196 g/mol. The van der Waals surface area contributed by atoms with Crippen LogP contribution < -0.4 is 0 Å². The molecule has 0 aromatic carbocycles. The summed E-state index contributed by atoms with van der Waals surface area (Å²) < 4.78 is 35.9. The van der Waals surface area contributed by atoms with Gasteiger partial charge in [0.05, 0.1) is 0 Å². The molecule has 0 N–H and O–H groups in total. The van der Waals surface area contributed by atoms with Gasteiger partial charge in [-0.05, 0) is 17.8 Å². The van der Waals surface area contributed by atoms with Crippen LogP contribution in [0.5, 0.6) is 0 Å².